The fourth-order valence-electron chi connectivity index (χ4n) is 1.82. The Morgan fingerprint density at radius 3 is 2.45 bits per heavy atom. The Kier molecular flexibility index (Phi) is 4.85. The first-order valence-electron chi connectivity index (χ1n) is 6.93. The number of halogens is 3. The first-order chi connectivity index (χ1) is 10.4. The minimum absolute atomic E-state index is 0.188. The van der Waals surface area contributed by atoms with Gasteiger partial charge in [0.1, 0.15) is 17.5 Å². The van der Waals surface area contributed by atoms with Crippen molar-refractivity contribution in [2.45, 2.75) is 33.2 Å². The summed E-state index contributed by atoms with van der Waals surface area (Å²) < 4.78 is 39.8. The number of nitrogens with one attached hydrogen (secondary N) is 2. The highest BCUT2D eigenvalue weighted by atomic mass is 19.2. The van der Waals surface area contributed by atoms with Crippen LogP contribution in [0.3, 0.4) is 0 Å². The second kappa shape index (κ2) is 6.64. The van der Waals surface area contributed by atoms with Gasteiger partial charge >= 0.3 is 0 Å². The van der Waals surface area contributed by atoms with E-state index in [-0.39, 0.29) is 11.7 Å². The normalized spacial score (nSPS) is 12.1. The van der Waals surface area contributed by atoms with Crippen molar-refractivity contribution in [2.75, 3.05) is 10.6 Å². The van der Waals surface area contributed by atoms with Crippen molar-refractivity contribution in [3.05, 3.63) is 41.5 Å². The molecular formula is C15H17F3N4. The minimum Gasteiger partial charge on any atom is -0.367 e. The molecule has 0 aliphatic heterocycles. The predicted octanol–water partition coefficient (Wildman–Crippen LogP) is 4.16. The molecule has 2 aromatic rings. The largest absolute Gasteiger partial charge is 0.367 e. The lowest BCUT2D eigenvalue weighted by Gasteiger charge is -2.14. The topological polar surface area (TPSA) is 49.8 Å². The van der Waals surface area contributed by atoms with E-state index in [2.05, 4.69) is 20.6 Å². The smallest absolute Gasteiger partial charge is 0.196 e. The van der Waals surface area contributed by atoms with Crippen molar-refractivity contribution in [3.63, 3.8) is 0 Å². The molecule has 22 heavy (non-hydrogen) atoms. The molecule has 2 rings (SSSR count). The maximum Gasteiger partial charge on any atom is 0.196 e. The fraction of sp³-hybridized carbons (Fsp3) is 0.333. The Balaban J connectivity index is 2.28. The summed E-state index contributed by atoms with van der Waals surface area (Å²) in [6, 6.07) is 3.77. The van der Waals surface area contributed by atoms with Crippen LogP contribution in [0.25, 0.3) is 0 Å². The molecule has 0 fully saturated rings. The molecule has 1 aromatic heterocycles. The van der Waals surface area contributed by atoms with Gasteiger partial charge in [0.05, 0.1) is 5.69 Å². The number of aromatic nitrogens is 2. The van der Waals surface area contributed by atoms with Gasteiger partial charge in [0.15, 0.2) is 17.5 Å². The molecule has 0 aliphatic carbocycles. The third-order valence-corrected chi connectivity index (χ3v) is 3.14. The summed E-state index contributed by atoms with van der Waals surface area (Å²) >= 11 is 0. The van der Waals surface area contributed by atoms with E-state index in [1.807, 2.05) is 13.8 Å². The van der Waals surface area contributed by atoms with Gasteiger partial charge in [0.2, 0.25) is 0 Å². The predicted molar refractivity (Wildman–Crippen MR) is 79.7 cm³/mol. The summed E-state index contributed by atoms with van der Waals surface area (Å²) in [5.41, 5.74) is -0.188. The lowest BCUT2D eigenvalue weighted by molar-refractivity contribution is 0.449. The number of benzene rings is 1. The molecule has 0 saturated carbocycles. The molecule has 4 nitrogen and oxygen atoms in total. The molecule has 118 valence electrons. The van der Waals surface area contributed by atoms with Gasteiger partial charge < -0.3 is 10.6 Å². The molecule has 0 spiro atoms. The zero-order chi connectivity index (χ0) is 16.3. The Labute approximate surface area is 126 Å². The maximum atomic E-state index is 13.7. The molecule has 0 bridgehead atoms. The summed E-state index contributed by atoms with van der Waals surface area (Å²) in [7, 11) is 0. The van der Waals surface area contributed by atoms with Gasteiger partial charge in [-0.2, -0.15) is 0 Å². The van der Waals surface area contributed by atoms with E-state index in [4.69, 9.17) is 0 Å². The van der Waals surface area contributed by atoms with Gasteiger partial charge in [-0.05, 0) is 32.4 Å². The third-order valence-electron chi connectivity index (χ3n) is 3.14. The van der Waals surface area contributed by atoms with Crippen LogP contribution in [-0.4, -0.2) is 16.0 Å². The third kappa shape index (κ3) is 3.66. The molecule has 0 amide bonds. The zero-order valence-electron chi connectivity index (χ0n) is 12.5. The highest BCUT2D eigenvalue weighted by Gasteiger charge is 2.14. The van der Waals surface area contributed by atoms with Crippen LogP contribution < -0.4 is 10.6 Å². The number of aryl methyl sites for hydroxylation is 1. The Morgan fingerprint density at radius 2 is 1.77 bits per heavy atom. The standard InChI is InChI=1S/C15H17F3N4/c1-4-8(2)19-12-7-13(21-9(3)20-12)22-11-6-5-10(16)14(17)15(11)18/h5-8H,4H2,1-3H3,(H2,19,20,21,22). The zero-order valence-corrected chi connectivity index (χ0v) is 12.5. The van der Waals surface area contributed by atoms with Gasteiger partial charge in [-0.25, -0.2) is 23.1 Å². The lowest BCUT2D eigenvalue weighted by atomic mass is 10.2. The number of hydrogen-bond donors (Lipinski definition) is 2. The molecule has 0 radical (unpaired) electrons. The van der Waals surface area contributed by atoms with Crippen molar-refractivity contribution in [1.82, 2.24) is 9.97 Å². The molecule has 7 heteroatoms. The summed E-state index contributed by atoms with van der Waals surface area (Å²) in [5, 5.41) is 5.81. The summed E-state index contributed by atoms with van der Waals surface area (Å²) in [5.74, 6) is -2.70. The van der Waals surface area contributed by atoms with Crippen molar-refractivity contribution < 1.29 is 13.2 Å². The molecular weight excluding hydrogens is 293 g/mol. The second-order valence-corrected chi connectivity index (χ2v) is 4.99. The first-order valence-corrected chi connectivity index (χ1v) is 6.93. The molecule has 0 aliphatic rings. The van der Waals surface area contributed by atoms with Crippen molar-refractivity contribution >= 4 is 17.3 Å². The van der Waals surface area contributed by atoms with E-state index < -0.39 is 17.5 Å². The quantitative estimate of drug-likeness (QED) is 0.814. The summed E-state index contributed by atoms with van der Waals surface area (Å²) in [6.45, 7) is 5.72. The minimum atomic E-state index is -1.52. The first kappa shape index (κ1) is 16.1. The van der Waals surface area contributed by atoms with Gasteiger partial charge in [-0.15, -0.1) is 0 Å². The molecule has 1 heterocycles. The van der Waals surface area contributed by atoms with E-state index >= 15 is 0 Å². The van der Waals surface area contributed by atoms with Crippen LogP contribution in [-0.2, 0) is 0 Å². The Morgan fingerprint density at radius 1 is 1.09 bits per heavy atom. The van der Waals surface area contributed by atoms with Crippen molar-refractivity contribution in [1.29, 1.82) is 0 Å². The van der Waals surface area contributed by atoms with Crippen LogP contribution >= 0.6 is 0 Å². The van der Waals surface area contributed by atoms with Crippen molar-refractivity contribution in [2.24, 2.45) is 0 Å². The fourth-order valence-corrected chi connectivity index (χ4v) is 1.82. The second-order valence-electron chi connectivity index (χ2n) is 4.99. The van der Waals surface area contributed by atoms with Crippen LogP contribution in [0.2, 0.25) is 0 Å². The highest BCUT2D eigenvalue weighted by Crippen LogP contribution is 2.24. The maximum absolute atomic E-state index is 13.7. The van der Waals surface area contributed by atoms with Crippen LogP contribution in [0.5, 0.6) is 0 Å². The molecule has 1 atom stereocenters. The summed E-state index contributed by atoms with van der Waals surface area (Å²) in [6.07, 6.45) is 0.906. The van der Waals surface area contributed by atoms with Gasteiger partial charge in [0, 0.05) is 12.1 Å². The van der Waals surface area contributed by atoms with Crippen LogP contribution in [0.4, 0.5) is 30.5 Å². The SMILES string of the molecule is CCC(C)Nc1cc(Nc2ccc(F)c(F)c2F)nc(C)n1. The summed E-state index contributed by atoms with van der Waals surface area (Å²) in [4.78, 5) is 8.34. The Bertz CT molecular complexity index is 676. The monoisotopic (exact) mass is 310 g/mol. The number of rotatable bonds is 5. The van der Waals surface area contributed by atoms with Gasteiger partial charge in [-0.3, -0.25) is 0 Å². The lowest BCUT2D eigenvalue weighted by Crippen LogP contribution is -2.15. The Hall–Kier alpha value is -2.31. The van der Waals surface area contributed by atoms with Crippen LogP contribution in [0.1, 0.15) is 26.1 Å². The van der Waals surface area contributed by atoms with Crippen LogP contribution in [0.15, 0.2) is 18.2 Å². The average molecular weight is 310 g/mol. The van der Waals surface area contributed by atoms with Crippen LogP contribution in [0, 0.1) is 24.4 Å². The average Bonchev–Trinajstić information content (AvgIpc) is 2.47. The highest BCUT2D eigenvalue weighted by molar-refractivity contribution is 5.60. The van der Waals surface area contributed by atoms with E-state index in [1.54, 1.807) is 13.0 Å². The van der Waals surface area contributed by atoms with Gasteiger partial charge in [-0.1, -0.05) is 6.92 Å². The molecule has 1 aromatic carbocycles. The number of nitrogens with zero attached hydrogens (tertiary/aromatic N) is 2. The molecule has 0 saturated heterocycles. The van der Waals surface area contributed by atoms with Crippen molar-refractivity contribution in [3.8, 4) is 0 Å². The van der Waals surface area contributed by atoms with E-state index in [9.17, 15) is 13.2 Å². The van der Waals surface area contributed by atoms with E-state index in [1.165, 1.54) is 0 Å². The number of anilines is 3. The molecule has 1 unspecified atom stereocenters. The molecule has 2 N–H and O–H groups in total. The van der Waals surface area contributed by atoms with E-state index in [0.717, 1.165) is 18.6 Å². The van der Waals surface area contributed by atoms with Gasteiger partial charge in [0.25, 0.3) is 0 Å². The van der Waals surface area contributed by atoms with E-state index in [0.29, 0.717) is 17.5 Å². The number of hydrogen-bond acceptors (Lipinski definition) is 4.